The van der Waals surface area contributed by atoms with Gasteiger partial charge in [0.15, 0.2) is 0 Å². The Hall–Kier alpha value is -2.75. The summed E-state index contributed by atoms with van der Waals surface area (Å²) in [7, 11) is 0. The molecule has 25 heavy (non-hydrogen) atoms. The van der Waals surface area contributed by atoms with Crippen molar-refractivity contribution in [3.63, 3.8) is 0 Å². The fraction of sp³-hybridized carbons (Fsp3) is 0.286. The van der Waals surface area contributed by atoms with E-state index in [4.69, 9.17) is 5.73 Å². The fourth-order valence-corrected chi connectivity index (χ4v) is 3.74. The van der Waals surface area contributed by atoms with Crippen molar-refractivity contribution in [2.45, 2.75) is 31.7 Å². The number of carbonyl (C=O) groups excluding carboxylic acids is 1. The maximum atomic E-state index is 12.9. The molecule has 1 aliphatic heterocycles. The smallest absolute Gasteiger partial charge is 0.227 e. The lowest BCUT2D eigenvalue weighted by Gasteiger charge is -2.35. The molecule has 1 amide bonds. The van der Waals surface area contributed by atoms with Crippen LogP contribution in [0.2, 0.25) is 0 Å². The highest BCUT2D eigenvalue weighted by molar-refractivity contribution is 5.82. The molecule has 0 spiro atoms. The number of rotatable bonds is 3. The molecular formula is C21H23N3O. The number of benzene rings is 2. The minimum absolute atomic E-state index is 0.141. The van der Waals surface area contributed by atoms with Gasteiger partial charge in [-0.1, -0.05) is 30.3 Å². The van der Waals surface area contributed by atoms with E-state index in [2.05, 4.69) is 23.2 Å². The van der Waals surface area contributed by atoms with E-state index < -0.39 is 0 Å². The Kier molecular flexibility index (Phi) is 4.18. The molecule has 4 heteroatoms. The zero-order chi connectivity index (χ0) is 17.2. The SMILES string of the molecule is Nc1ccc(CC(=O)N2CCCCC2c2cc3ccccc3[nH]2)cc1. The number of nitrogens with one attached hydrogen (secondary N) is 1. The third-order valence-electron chi connectivity index (χ3n) is 5.07. The second kappa shape index (κ2) is 6.63. The van der Waals surface area contributed by atoms with Gasteiger partial charge < -0.3 is 15.6 Å². The number of hydrogen-bond acceptors (Lipinski definition) is 2. The van der Waals surface area contributed by atoms with Crippen molar-refractivity contribution in [3.8, 4) is 0 Å². The molecule has 1 fully saturated rings. The van der Waals surface area contributed by atoms with Gasteiger partial charge in [-0.3, -0.25) is 4.79 Å². The van der Waals surface area contributed by atoms with Crippen LogP contribution in [-0.2, 0) is 11.2 Å². The number of nitrogens with two attached hydrogens (primary N) is 1. The summed E-state index contributed by atoms with van der Waals surface area (Å²) in [6, 6.07) is 18.2. The van der Waals surface area contributed by atoms with Gasteiger partial charge >= 0.3 is 0 Å². The molecular weight excluding hydrogens is 310 g/mol. The molecule has 2 heterocycles. The average Bonchev–Trinajstić information content (AvgIpc) is 3.07. The zero-order valence-corrected chi connectivity index (χ0v) is 14.2. The maximum Gasteiger partial charge on any atom is 0.227 e. The van der Waals surface area contributed by atoms with Crippen LogP contribution in [0, 0.1) is 0 Å². The summed E-state index contributed by atoms with van der Waals surface area (Å²) in [6.45, 7) is 0.827. The van der Waals surface area contributed by atoms with E-state index in [0.717, 1.165) is 48.3 Å². The van der Waals surface area contributed by atoms with Crippen molar-refractivity contribution < 1.29 is 4.79 Å². The van der Waals surface area contributed by atoms with E-state index in [1.54, 1.807) is 0 Å². The van der Waals surface area contributed by atoms with Crippen LogP contribution in [0.15, 0.2) is 54.6 Å². The summed E-state index contributed by atoms with van der Waals surface area (Å²) >= 11 is 0. The van der Waals surface area contributed by atoms with E-state index in [1.165, 1.54) is 5.39 Å². The summed E-state index contributed by atoms with van der Waals surface area (Å²) in [6.07, 6.45) is 3.67. The van der Waals surface area contributed by atoms with Crippen molar-refractivity contribution in [2.24, 2.45) is 0 Å². The number of aromatic amines is 1. The van der Waals surface area contributed by atoms with Gasteiger partial charge in [0.25, 0.3) is 0 Å². The lowest BCUT2D eigenvalue weighted by Crippen LogP contribution is -2.39. The first-order valence-electron chi connectivity index (χ1n) is 8.92. The molecule has 3 N–H and O–H groups in total. The first-order valence-corrected chi connectivity index (χ1v) is 8.92. The average molecular weight is 333 g/mol. The van der Waals surface area contributed by atoms with E-state index in [0.29, 0.717) is 6.42 Å². The van der Waals surface area contributed by atoms with E-state index in [-0.39, 0.29) is 11.9 Å². The number of anilines is 1. The normalized spacial score (nSPS) is 17.8. The number of nitrogens with zero attached hydrogens (tertiary/aromatic N) is 1. The minimum atomic E-state index is 0.141. The largest absolute Gasteiger partial charge is 0.399 e. The van der Waals surface area contributed by atoms with Gasteiger partial charge in [-0.2, -0.15) is 0 Å². The Bertz CT molecular complexity index is 849. The first kappa shape index (κ1) is 15.8. The molecule has 0 aliphatic carbocycles. The van der Waals surface area contributed by atoms with E-state index >= 15 is 0 Å². The van der Waals surface area contributed by atoms with Crippen molar-refractivity contribution >= 4 is 22.5 Å². The molecule has 0 saturated carbocycles. The van der Waals surface area contributed by atoms with Crippen LogP contribution in [0.5, 0.6) is 0 Å². The van der Waals surface area contributed by atoms with Gasteiger partial charge in [0.1, 0.15) is 0 Å². The van der Waals surface area contributed by atoms with Gasteiger partial charge in [-0.25, -0.2) is 0 Å². The van der Waals surface area contributed by atoms with Crippen molar-refractivity contribution in [1.82, 2.24) is 9.88 Å². The third kappa shape index (κ3) is 3.25. The predicted molar refractivity (Wildman–Crippen MR) is 101 cm³/mol. The summed E-state index contributed by atoms with van der Waals surface area (Å²) in [4.78, 5) is 18.5. The Balaban J connectivity index is 1.57. The van der Waals surface area contributed by atoms with Gasteiger partial charge in [0.05, 0.1) is 12.5 Å². The number of amides is 1. The Labute approximate surface area is 147 Å². The fourth-order valence-electron chi connectivity index (χ4n) is 3.74. The number of likely N-dealkylation sites (tertiary alicyclic amines) is 1. The molecule has 1 aliphatic rings. The lowest BCUT2D eigenvalue weighted by atomic mass is 9.98. The monoisotopic (exact) mass is 333 g/mol. The number of nitrogen functional groups attached to an aromatic ring is 1. The van der Waals surface area contributed by atoms with E-state index in [9.17, 15) is 4.79 Å². The van der Waals surface area contributed by atoms with Gasteiger partial charge in [-0.05, 0) is 54.5 Å². The number of piperidine rings is 1. The summed E-state index contributed by atoms with van der Waals surface area (Å²) < 4.78 is 0. The van der Waals surface area contributed by atoms with Crippen LogP contribution in [0.3, 0.4) is 0 Å². The standard InChI is InChI=1S/C21H23N3O/c22-17-10-8-15(9-11-17)13-21(25)24-12-4-3-7-20(24)19-14-16-5-1-2-6-18(16)23-19/h1-2,5-6,8-11,14,20,23H,3-4,7,12-13,22H2. The molecule has 128 valence electrons. The summed E-state index contributed by atoms with van der Waals surface area (Å²) in [5.74, 6) is 0.188. The maximum absolute atomic E-state index is 12.9. The topological polar surface area (TPSA) is 62.1 Å². The van der Waals surface area contributed by atoms with Crippen LogP contribution < -0.4 is 5.73 Å². The van der Waals surface area contributed by atoms with Gasteiger partial charge in [-0.15, -0.1) is 0 Å². The molecule has 3 aromatic rings. The zero-order valence-electron chi connectivity index (χ0n) is 14.2. The number of aromatic nitrogens is 1. The highest BCUT2D eigenvalue weighted by atomic mass is 16.2. The summed E-state index contributed by atoms with van der Waals surface area (Å²) in [5.41, 5.74) is 9.76. The van der Waals surface area contributed by atoms with Crippen molar-refractivity contribution in [1.29, 1.82) is 0 Å². The van der Waals surface area contributed by atoms with Crippen LogP contribution >= 0.6 is 0 Å². The third-order valence-corrected chi connectivity index (χ3v) is 5.07. The van der Waals surface area contributed by atoms with E-state index in [1.807, 2.05) is 41.3 Å². The predicted octanol–water partition coefficient (Wildman–Crippen LogP) is 4.05. The number of H-pyrrole nitrogens is 1. The number of carbonyl (C=O) groups is 1. The van der Waals surface area contributed by atoms with Gasteiger partial charge in [0, 0.05) is 23.4 Å². The Morgan fingerprint density at radius 3 is 2.72 bits per heavy atom. The number of fused-ring (bicyclic) bond motifs is 1. The molecule has 2 aromatic carbocycles. The number of hydrogen-bond donors (Lipinski definition) is 2. The molecule has 1 saturated heterocycles. The van der Waals surface area contributed by atoms with Crippen LogP contribution in [0.25, 0.3) is 10.9 Å². The van der Waals surface area contributed by atoms with Crippen LogP contribution in [-0.4, -0.2) is 22.3 Å². The number of para-hydroxylation sites is 1. The minimum Gasteiger partial charge on any atom is -0.399 e. The molecule has 1 unspecified atom stereocenters. The molecule has 4 rings (SSSR count). The Morgan fingerprint density at radius 2 is 1.92 bits per heavy atom. The highest BCUT2D eigenvalue weighted by Crippen LogP contribution is 2.32. The summed E-state index contributed by atoms with van der Waals surface area (Å²) in [5, 5.41) is 1.20. The molecule has 1 aromatic heterocycles. The molecule has 0 bridgehead atoms. The van der Waals surface area contributed by atoms with Crippen molar-refractivity contribution in [2.75, 3.05) is 12.3 Å². The molecule has 4 nitrogen and oxygen atoms in total. The Morgan fingerprint density at radius 1 is 1.12 bits per heavy atom. The molecule has 1 atom stereocenters. The first-order chi connectivity index (χ1) is 12.2. The second-order valence-electron chi connectivity index (χ2n) is 6.83. The lowest BCUT2D eigenvalue weighted by molar-refractivity contribution is -0.134. The van der Waals surface area contributed by atoms with Gasteiger partial charge in [0.2, 0.25) is 5.91 Å². The molecule has 0 radical (unpaired) electrons. The highest BCUT2D eigenvalue weighted by Gasteiger charge is 2.28. The van der Waals surface area contributed by atoms with Crippen LogP contribution in [0.4, 0.5) is 5.69 Å². The quantitative estimate of drug-likeness (QED) is 0.710. The second-order valence-corrected chi connectivity index (χ2v) is 6.83. The van der Waals surface area contributed by atoms with Crippen LogP contribution in [0.1, 0.15) is 36.6 Å². The van der Waals surface area contributed by atoms with Crippen molar-refractivity contribution in [3.05, 3.63) is 65.9 Å².